The van der Waals surface area contributed by atoms with Crippen LogP contribution in [-0.2, 0) is 0 Å². The molecule has 1 atom stereocenters. The number of halogens is 1. The van der Waals surface area contributed by atoms with Crippen LogP contribution < -0.4 is 5.73 Å². The van der Waals surface area contributed by atoms with Crippen LogP contribution in [0.2, 0.25) is 0 Å². The van der Waals surface area contributed by atoms with Crippen molar-refractivity contribution in [1.82, 2.24) is 3.93 Å². The SMILES string of the molecule is CCCC1C=C(c2ccc(N)cc2)CCN1Br. The Kier molecular flexibility index (Phi) is 4.24. The molecule has 0 radical (unpaired) electrons. The molecule has 0 aromatic heterocycles. The van der Waals surface area contributed by atoms with Crippen LogP contribution in [0.1, 0.15) is 31.7 Å². The summed E-state index contributed by atoms with van der Waals surface area (Å²) in [5, 5.41) is 0. The summed E-state index contributed by atoms with van der Waals surface area (Å²) in [7, 11) is 0. The lowest BCUT2D eigenvalue weighted by atomic mass is 9.95. The van der Waals surface area contributed by atoms with Gasteiger partial charge < -0.3 is 5.73 Å². The van der Waals surface area contributed by atoms with Crippen molar-refractivity contribution < 1.29 is 0 Å². The molecule has 0 amide bonds. The molecule has 2 nitrogen and oxygen atoms in total. The summed E-state index contributed by atoms with van der Waals surface area (Å²) >= 11 is 3.64. The maximum Gasteiger partial charge on any atom is 0.0391 e. The van der Waals surface area contributed by atoms with Crippen molar-refractivity contribution in [2.75, 3.05) is 12.3 Å². The summed E-state index contributed by atoms with van der Waals surface area (Å²) in [4.78, 5) is 0. The molecule has 92 valence electrons. The molecule has 3 heteroatoms. The van der Waals surface area contributed by atoms with Gasteiger partial charge in [-0.25, -0.2) is 3.93 Å². The highest BCUT2D eigenvalue weighted by molar-refractivity contribution is 9.07. The summed E-state index contributed by atoms with van der Waals surface area (Å²) in [6.07, 6.45) is 5.88. The van der Waals surface area contributed by atoms with Gasteiger partial charge in [-0.3, -0.25) is 0 Å². The largest absolute Gasteiger partial charge is 0.399 e. The van der Waals surface area contributed by atoms with Crippen LogP contribution in [0.3, 0.4) is 0 Å². The molecule has 0 aliphatic carbocycles. The first kappa shape index (κ1) is 12.7. The molecular weight excluding hydrogens is 276 g/mol. The van der Waals surface area contributed by atoms with Crippen molar-refractivity contribution >= 4 is 27.4 Å². The third-order valence-corrected chi connectivity index (χ3v) is 4.09. The van der Waals surface area contributed by atoms with Crippen LogP contribution in [0.5, 0.6) is 0 Å². The van der Waals surface area contributed by atoms with E-state index in [1.54, 1.807) is 0 Å². The highest BCUT2D eigenvalue weighted by atomic mass is 79.9. The van der Waals surface area contributed by atoms with E-state index in [2.05, 4.69) is 45.2 Å². The summed E-state index contributed by atoms with van der Waals surface area (Å²) in [6, 6.07) is 8.71. The predicted molar refractivity (Wildman–Crippen MR) is 77.8 cm³/mol. The Morgan fingerprint density at radius 2 is 2.06 bits per heavy atom. The molecule has 1 unspecified atom stereocenters. The quantitative estimate of drug-likeness (QED) is 0.678. The minimum Gasteiger partial charge on any atom is -0.399 e. The van der Waals surface area contributed by atoms with Crippen LogP contribution >= 0.6 is 16.1 Å². The van der Waals surface area contributed by atoms with Crippen LogP contribution in [0.15, 0.2) is 30.3 Å². The van der Waals surface area contributed by atoms with Gasteiger partial charge >= 0.3 is 0 Å². The number of hydrogen-bond donors (Lipinski definition) is 1. The molecule has 0 bridgehead atoms. The van der Waals surface area contributed by atoms with Gasteiger partial charge in [0, 0.05) is 34.4 Å². The Morgan fingerprint density at radius 1 is 1.35 bits per heavy atom. The molecule has 1 aromatic rings. The van der Waals surface area contributed by atoms with Crippen molar-refractivity contribution in [3.05, 3.63) is 35.9 Å². The van der Waals surface area contributed by atoms with E-state index in [0.29, 0.717) is 6.04 Å². The second-order valence-electron chi connectivity index (χ2n) is 4.54. The van der Waals surface area contributed by atoms with E-state index in [1.165, 1.54) is 24.0 Å². The average molecular weight is 295 g/mol. The fourth-order valence-electron chi connectivity index (χ4n) is 2.25. The molecule has 2 rings (SSSR count). The molecule has 1 aromatic carbocycles. The Labute approximate surface area is 112 Å². The predicted octanol–water partition coefficient (Wildman–Crippen LogP) is 3.84. The zero-order valence-corrected chi connectivity index (χ0v) is 11.8. The van der Waals surface area contributed by atoms with E-state index in [1.807, 2.05) is 12.1 Å². The first-order chi connectivity index (χ1) is 8.20. The van der Waals surface area contributed by atoms with Gasteiger partial charge in [0.25, 0.3) is 0 Å². The van der Waals surface area contributed by atoms with Crippen molar-refractivity contribution in [2.45, 2.75) is 32.2 Å². The van der Waals surface area contributed by atoms with Gasteiger partial charge in [0.2, 0.25) is 0 Å². The van der Waals surface area contributed by atoms with E-state index in [0.717, 1.165) is 18.7 Å². The molecular formula is C14H19BrN2. The Bertz CT molecular complexity index is 397. The van der Waals surface area contributed by atoms with E-state index >= 15 is 0 Å². The van der Waals surface area contributed by atoms with Gasteiger partial charge in [-0.1, -0.05) is 31.6 Å². The molecule has 1 aliphatic rings. The minimum atomic E-state index is 0.515. The van der Waals surface area contributed by atoms with E-state index in [-0.39, 0.29) is 0 Å². The smallest absolute Gasteiger partial charge is 0.0391 e. The topological polar surface area (TPSA) is 29.3 Å². The average Bonchev–Trinajstić information content (AvgIpc) is 2.33. The minimum absolute atomic E-state index is 0.515. The normalized spacial score (nSPS) is 21.3. The molecule has 1 aliphatic heterocycles. The standard InChI is InChI=1S/C14H19BrN2/c1-2-3-14-10-12(8-9-17(14)15)11-4-6-13(16)7-5-11/h4-7,10,14H,2-3,8-9,16H2,1H3. The highest BCUT2D eigenvalue weighted by Crippen LogP contribution is 2.29. The highest BCUT2D eigenvalue weighted by Gasteiger charge is 2.19. The van der Waals surface area contributed by atoms with Crippen LogP contribution in [0, 0.1) is 0 Å². The summed E-state index contributed by atoms with van der Waals surface area (Å²) < 4.78 is 2.26. The molecule has 2 N–H and O–H groups in total. The summed E-state index contributed by atoms with van der Waals surface area (Å²) in [6.45, 7) is 3.30. The Balaban J connectivity index is 2.20. The molecule has 1 heterocycles. The van der Waals surface area contributed by atoms with Gasteiger partial charge in [-0.15, -0.1) is 0 Å². The lowest BCUT2D eigenvalue weighted by molar-refractivity contribution is 0.392. The van der Waals surface area contributed by atoms with Crippen molar-refractivity contribution in [2.24, 2.45) is 0 Å². The Hall–Kier alpha value is -0.800. The van der Waals surface area contributed by atoms with E-state index in [4.69, 9.17) is 5.73 Å². The number of rotatable bonds is 3. The monoisotopic (exact) mass is 294 g/mol. The number of nitrogen functional groups attached to an aromatic ring is 1. The van der Waals surface area contributed by atoms with Gasteiger partial charge in [0.15, 0.2) is 0 Å². The van der Waals surface area contributed by atoms with Crippen LogP contribution in [-0.4, -0.2) is 16.5 Å². The zero-order chi connectivity index (χ0) is 12.3. The number of hydrogen-bond acceptors (Lipinski definition) is 2. The summed E-state index contributed by atoms with van der Waals surface area (Å²) in [5.41, 5.74) is 9.30. The first-order valence-electron chi connectivity index (χ1n) is 6.19. The van der Waals surface area contributed by atoms with E-state index in [9.17, 15) is 0 Å². The lowest BCUT2D eigenvalue weighted by Gasteiger charge is -2.29. The second-order valence-corrected chi connectivity index (χ2v) is 5.45. The van der Waals surface area contributed by atoms with Crippen molar-refractivity contribution in [1.29, 1.82) is 0 Å². The van der Waals surface area contributed by atoms with Gasteiger partial charge in [0.1, 0.15) is 0 Å². The first-order valence-corrected chi connectivity index (χ1v) is 6.90. The number of benzene rings is 1. The van der Waals surface area contributed by atoms with E-state index < -0.39 is 0 Å². The maximum absolute atomic E-state index is 5.72. The van der Waals surface area contributed by atoms with Gasteiger partial charge in [-0.2, -0.15) is 0 Å². The third-order valence-electron chi connectivity index (χ3n) is 3.21. The molecule has 0 saturated heterocycles. The second kappa shape index (κ2) is 5.69. The molecule has 0 spiro atoms. The zero-order valence-electron chi connectivity index (χ0n) is 10.2. The fraction of sp³-hybridized carbons (Fsp3) is 0.429. The lowest BCUT2D eigenvalue weighted by Crippen LogP contribution is -2.29. The van der Waals surface area contributed by atoms with Gasteiger partial charge in [0.05, 0.1) is 0 Å². The Morgan fingerprint density at radius 3 is 2.71 bits per heavy atom. The third kappa shape index (κ3) is 3.11. The maximum atomic E-state index is 5.72. The van der Waals surface area contributed by atoms with Crippen molar-refractivity contribution in [3.63, 3.8) is 0 Å². The number of nitrogens with zero attached hydrogens (tertiary/aromatic N) is 1. The molecule has 0 saturated carbocycles. The molecule has 17 heavy (non-hydrogen) atoms. The number of anilines is 1. The van der Waals surface area contributed by atoms with Crippen molar-refractivity contribution in [3.8, 4) is 0 Å². The van der Waals surface area contributed by atoms with Crippen LogP contribution in [0.4, 0.5) is 5.69 Å². The summed E-state index contributed by atoms with van der Waals surface area (Å²) in [5.74, 6) is 0. The molecule has 0 fully saturated rings. The van der Waals surface area contributed by atoms with Gasteiger partial charge in [-0.05, 0) is 36.1 Å². The van der Waals surface area contributed by atoms with Crippen LogP contribution in [0.25, 0.3) is 5.57 Å². The number of nitrogens with two attached hydrogens (primary N) is 1. The fourth-order valence-corrected chi connectivity index (χ4v) is 2.75.